The van der Waals surface area contributed by atoms with Crippen LogP contribution in [-0.2, 0) is 12.0 Å². The highest BCUT2D eigenvalue weighted by atomic mass is 127. The summed E-state index contributed by atoms with van der Waals surface area (Å²) >= 11 is 0. The van der Waals surface area contributed by atoms with Crippen LogP contribution in [0.5, 0.6) is 0 Å². The summed E-state index contributed by atoms with van der Waals surface area (Å²) in [5, 5.41) is 6.87. The monoisotopic (exact) mass is 497 g/mol. The van der Waals surface area contributed by atoms with Crippen molar-refractivity contribution in [2.45, 2.75) is 52.1 Å². The Morgan fingerprint density at radius 1 is 1.29 bits per heavy atom. The first-order valence-electron chi connectivity index (χ1n) is 9.75. The zero-order chi connectivity index (χ0) is 19.3. The molecule has 1 aliphatic rings. The number of anilines is 1. The van der Waals surface area contributed by atoms with Crippen molar-refractivity contribution < 1.29 is 4.42 Å². The van der Waals surface area contributed by atoms with Crippen molar-refractivity contribution in [3.63, 3.8) is 0 Å². The van der Waals surface area contributed by atoms with Crippen LogP contribution in [0.1, 0.15) is 45.8 Å². The summed E-state index contributed by atoms with van der Waals surface area (Å²) in [4.78, 5) is 11.4. The van der Waals surface area contributed by atoms with E-state index in [0.717, 1.165) is 37.8 Å². The van der Waals surface area contributed by atoms with Gasteiger partial charge in [-0.05, 0) is 25.5 Å². The van der Waals surface area contributed by atoms with Crippen LogP contribution in [0.15, 0.2) is 45.9 Å². The maximum Gasteiger partial charge on any atom is 0.216 e. The van der Waals surface area contributed by atoms with Crippen LogP contribution in [-0.4, -0.2) is 36.6 Å². The van der Waals surface area contributed by atoms with Gasteiger partial charge in [0.05, 0.1) is 6.20 Å². The van der Waals surface area contributed by atoms with Gasteiger partial charge in [-0.15, -0.1) is 24.0 Å². The molecule has 1 fully saturated rings. The highest BCUT2D eigenvalue weighted by Gasteiger charge is 2.23. The van der Waals surface area contributed by atoms with Gasteiger partial charge in [0.1, 0.15) is 12.3 Å². The molecule has 0 amide bonds. The molecule has 0 spiro atoms. The number of rotatable bonds is 5. The molecular weight excluding hydrogens is 465 g/mol. The molecule has 28 heavy (non-hydrogen) atoms. The molecule has 1 saturated heterocycles. The van der Waals surface area contributed by atoms with E-state index in [1.54, 1.807) is 6.20 Å². The Bertz CT molecular complexity index is 754. The molecule has 2 aromatic rings. The lowest BCUT2D eigenvalue weighted by Gasteiger charge is -2.20. The van der Waals surface area contributed by atoms with E-state index < -0.39 is 0 Å². The van der Waals surface area contributed by atoms with Gasteiger partial charge in [-0.3, -0.25) is 0 Å². The van der Waals surface area contributed by atoms with Gasteiger partial charge in [0.15, 0.2) is 5.96 Å². The van der Waals surface area contributed by atoms with E-state index in [0.29, 0.717) is 18.5 Å². The molecule has 2 N–H and O–H groups in total. The van der Waals surface area contributed by atoms with Gasteiger partial charge in [-0.2, -0.15) is 0 Å². The number of hydrogen-bond acceptors (Lipinski definition) is 4. The SMILES string of the molecule is CCNC(=NCc1ncc(C(C)(C)C)o1)NC1CCN(c2ccccc2)C1.I. The lowest BCUT2D eigenvalue weighted by atomic mass is 9.94. The zero-order valence-electron chi connectivity index (χ0n) is 17.2. The highest BCUT2D eigenvalue weighted by Crippen LogP contribution is 2.23. The Labute approximate surface area is 185 Å². The standard InChI is InChI=1S/C21H31N5O.HI/c1-5-22-20(24-14-19-23-13-18(27-19)21(2,3)4)25-16-11-12-26(15-16)17-9-7-6-8-10-17;/h6-10,13,16H,5,11-12,14-15H2,1-4H3,(H2,22,24,25);1H. The highest BCUT2D eigenvalue weighted by molar-refractivity contribution is 14.0. The van der Waals surface area contributed by atoms with Crippen LogP contribution in [0, 0.1) is 0 Å². The number of aliphatic imine (C=N–C) groups is 1. The summed E-state index contributed by atoms with van der Waals surface area (Å²) in [5.41, 5.74) is 1.24. The first-order valence-corrected chi connectivity index (χ1v) is 9.75. The first kappa shape index (κ1) is 22.5. The Morgan fingerprint density at radius 3 is 2.68 bits per heavy atom. The van der Waals surface area contributed by atoms with E-state index in [1.807, 2.05) is 0 Å². The third-order valence-electron chi connectivity index (χ3n) is 4.66. The fourth-order valence-corrected chi connectivity index (χ4v) is 3.14. The molecular formula is C21H32IN5O. The minimum atomic E-state index is -0.0392. The van der Waals surface area contributed by atoms with Gasteiger partial charge in [-0.25, -0.2) is 9.98 Å². The number of hydrogen-bond donors (Lipinski definition) is 2. The fraction of sp³-hybridized carbons (Fsp3) is 0.524. The maximum absolute atomic E-state index is 5.84. The normalized spacial score (nSPS) is 17.4. The minimum Gasteiger partial charge on any atom is -0.443 e. The molecule has 0 bridgehead atoms. The largest absolute Gasteiger partial charge is 0.443 e. The van der Waals surface area contributed by atoms with Crippen LogP contribution < -0.4 is 15.5 Å². The van der Waals surface area contributed by atoms with Gasteiger partial charge in [-0.1, -0.05) is 39.0 Å². The van der Waals surface area contributed by atoms with E-state index in [2.05, 4.69) is 83.5 Å². The van der Waals surface area contributed by atoms with Gasteiger partial charge in [0.25, 0.3) is 0 Å². The van der Waals surface area contributed by atoms with Crippen LogP contribution in [0.2, 0.25) is 0 Å². The van der Waals surface area contributed by atoms with E-state index in [9.17, 15) is 0 Å². The number of aromatic nitrogens is 1. The van der Waals surface area contributed by atoms with Gasteiger partial charge in [0, 0.05) is 36.8 Å². The predicted molar refractivity (Wildman–Crippen MR) is 126 cm³/mol. The number of guanidine groups is 1. The van der Waals surface area contributed by atoms with Crippen molar-refractivity contribution in [2.24, 2.45) is 4.99 Å². The molecule has 1 aromatic heterocycles. The molecule has 2 heterocycles. The second-order valence-corrected chi connectivity index (χ2v) is 7.97. The molecule has 7 heteroatoms. The smallest absolute Gasteiger partial charge is 0.216 e. The van der Waals surface area contributed by atoms with E-state index in [-0.39, 0.29) is 29.4 Å². The Kier molecular flexibility index (Phi) is 8.15. The molecule has 3 rings (SSSR count). The van der Waals surface area contributed by atoms with Crippen LogP contribution in [0.3, 0.4) is 0 Å². The summed E-state index contributed by atoms with van der Waals surface area (Å²) in [6.07, 6.45) is 2.90. The van der Waals surface area contributed by atoms with E-state index >= 15 is 0 Å². The predicted octanol–water partition coefficient (Wildman–Crippen LogP) is 3.92. The summed E-state index contributed by atoms with van der Waals surface area (Å²) < 4.78 is 5.84. The molecule has 1 aliphatic heterocycles. The number of nitrogens with zero attached hydrogens (tertiary/aromatic N) is 3. The zero-order valence-corrected chi connectivity index (χ0v) is 19.6. The second-order valence-electron chi connectivity index (χ2n) is 7.97. The summed E-state index contributed by atoms with van der Waals surface area (Å²) in [5.74, 6) is 2.35. The van der Waals surface area contributed by atoms with Crippen molar-refractivity contribution in [1.29, 1.82) is 0 Å². The third kappa shape index (κ3) is 6.12. The van der Waals surface area contributed by atoms with E-state index in [4.69, 9.17) is 4.42 Å². The second kappa shape index (κ2) is 10.1. The molecule has 1 unspecified atom stereocenters. The number of benzene rings is 1. The van der Waals surface area contributed by atoms with Crippen molar-refractivity contribution in [1.82, 2.24) is 15.6 Å². The average molecular weight is 497 g/mol. The van der Waals surface area contributed by atoms with Crippen molar-refractivity contribution in [3.8, 4) is 0 Å². The molecule has 0 saturated carbocycles. The first-order chi connectivity index (χ1) is 13.0. The maximum atomic E-state index is 5.84. The molecule has 154 valence electrons. The van der Waals surface area contributed by atoms with Crippen LogP contribution >= 0.6 is 24.0 Å². The lowest BCUT2D eigenvalue weighted by molar-refractivity contribution is 0.383. The van der Waals surface area contributed by atoms with Crippen LogP contribution in [0.4, 0.5) is 5.69 Å². The molecule has 6 nitrogen and oxygen atoms in total. The van der Waals surface area contributed by atoms with Gasteiger partial charge in [0.2, 0.25) is 5.89 Å². The molecule has 1 atom stereocenters. The molecule has 0 aliphatic carbocycles. The lowest BCUT2D eigenvalue weighted by Crippen LogP contribution is -2.44. The number of para-hydroxylation sites is 1. The molecule has 1 aromatic carbocycles. The Balaban J connectivity index is 0.00000280. The number of nitrogens with one attached hydrogen (secondary N) is 2. The van der Waals surface area contributed by atoms with Crippen LogP contribution in [0.25, 0.3) is 0 Å². The average Bonchev–Trinajstić information content (AvgIpc) is 3.30. The van der Waals surface area contributed by atoms with Crippen molar-refractivity contribution in [2.75, 3.05) is 24.5 Å². The third-order valence-corrected chi connectivity index (χ3v) is 4.66. The number of oxazole rings is 1. The van der Waals surface area contributed by atoms with Gasteiger partial charge < -0.3 is 20.0 Å². The number of halogens is 1. The summed E-state index contributed by atoms with van der Waals surface area (Å²) in [6, 6.07) is 10.9. The van der Waals surface area contributed by atoms with Crippen molar-refractivity contribution in [3.05, 3.63) is 48.2 Å². The quantitative estimate of drug-likeness (QED) is 0.373. The Morgan fingerprint density at radius 2 is 2.04 bits per heavy atom. The van der Waals surface area contributed by atoms with Crippen molar-refractivity contribution >= 4 is 35.6 Å². The molecule has 0 radical (unpaired) electrons. The summed E-state index contributed by atoms with van der Waals surface area (Å²) in [7, 11) is 0. The Hall–Kier alpha value is -1.77. The summed E-state index contributed by atoms with van der Waals surface area (Å²) in [6.45, 7) is 11.7. The topological polar surface area (TPSA) is 65.7 Å². The van der Waals surface area contributed by atoms with E-state index in [1.165, 1.54) is 5.69 Å². The van der Waals surface area contributed by atoms with Gasteiger partial charge >= 0.3 is 0 Å². The fourth-order valence-electron chi connectivity index (χ4n) is 3.14. The minimum absolute atomic E-state index is 0.